The summed E-state index contributed by atoms with van der Waals surface area (Å²) >= 11 is 6.04. The van der Waals surface area contributed by atoms with Gasteiger partial charge in [-0.15, -0.1) is 0 Å². The Kier molecular flexibility index (Phi) is 4.28. The third-order valence-electron chi connectivity index (χ3n) is 4.26. The smallest absolute Gasteiger partial charge is 0.240 e. The van der Waals surface area contributed by atoms with Crippen molar-refractivity contribution in [2.24, 2.45) is 5.41 Å². The maximum Gasteiger partial charge on any atom is 0.240 e. The van der Waals surface area contributed by atoms with Crippen molar-refractivity contribution < 1.29 is 14.0 Å². The third-order valence-corrected chi connectivity index (χ3v) is 4.67. The number of nitrogens with one attached hydrogen (secondary N) is 2. The average molecular weight is 347 g/mol. The Morgan fingerprint density at radius 1 is 1.00 bits per heavy atom. The molecule has 0 radical (unpaired) electrons. The molecule has 2 aromatic rings. The van der Waals surface area contributed by atoms with Crippen LogP contribution in [0.3, 0.4) is 0 Å². The molecule has 6 heteroatoms. The molecule has 0 heterocycles. The lowest BCUT2D eigenvalue weighted by atomic mass is 10.0. The minimum absolute atomic E-state index is 0.0699. The molecule has 3 rings (SSSR count). The van der Waals surface area contributed by atoms with Gasteiger partial charge in [-0.3, -0.25) is 9.59 Å². The number of carbonyl (C=O) groups excluding carboxylic acids is 2. The summed E-state index contributed by atoms with van der Waals surface area (Å²) in [6, 6.07) is 11.0. The first kappa shape index (κ1) is 16.5. The Hall–Kier alpha value is -2.40. The highest BCUT2D eigenvalue weighted by atomic mass is 35.5. The summed E-state index contributed by atoms with van der Waals surface area (Å²) in [4.78, 5) is 25.0. The molecule has 1 fully saturated rings. The normalized spacial score (nSPS) is 14.8. The quantitative estimate of drug-likeness (QED) is 0.817. The van der Waals surface area contributed by atoms with Crippen LogP contribution in [-0.2, 0) is 9.59 Å². The Morgan fingerprint density at radius 2 is 1.58 bits per heavy atom. The summed E-state index contributed by atoms with van der Waals surface area (Å²) in [6.07, 6.45) is 0.859. The number of halogens is 2. The fourth-order valence-electron chi connectivity index (χ4n) is 2.47. The van der Waals surface area contributed by atoms with E-state index in [2.05, 4.69) is 10.6 Å². The van der Waals surface area contributed by atoms with E-state index in [1.165, 1.54) is 18.2 Å². The van der Waals surface area contributed by atoms with Crippen molar-refractivity contribution in [1.29, 1.82) is 0 Å². The molecular weight excluding hydrogens is 331 g/mol. The lowest BCUT2D eigenvalue weighted by Gasteiger charge is -2.17. The van der Waals surface area contributed by atoms with Crippen LogP contribution in [0.2, 0.25) is 5.02 Å². The van der Waals surface area contributed by atoms with E-state index in [-0.39, 0.29) is 5.69 Å². The molecule has 2 N–H and O–H groups in total. The van der Waals surface area contributed by atoms with E-state index in [9.17, 15) is 14.0 Å². The molecule has 4 nitrogen and oxygen atoms in total. The number of anilines is 2. The van der Waals surface area contributed by atoms with Gasteiger partial charge in [-0.05, 0) is 49.6 Å². The second-order valence-electron chi connectivity index (χ2n) is 5.88. The molecule has 0 aliphatic heterocycles. The fraction of sp³-hybridized carbons (Fsp3) is 0.222. The van der Waals surface area contributed by atoms with E-state index < -0.39 is 23.0 Å². The Bertz CT molecular complexity index is 818. The van der Waals surface area contributed by atoms with Gasteiger partial charge >= 0.3 is 0 Å². The van der Waals surface area contributed by atoms with Gasteiger partial charge in [0, 0.05) is 10.7 Å². The molecule has 0 saturated heterocycles. The zero-order valence-electron chi connectivity index (χ0n) is 13.0. The van der Waals surface area contributed by atoms with Crippen molar-refractivity contribution in [1.82, 2.24) is 0 Å². The van der Waals surface area contributed by atoms with Crippen LogP contribution in [0.4, 0.5) is 15.8 Å². The second kappa shape index (κ2) is 6.24. The predicted molar refractivity (Wildman–Crippen MR) is 91.5 cm³/mol. The molecule has 124 valence electrons. The van der Waals surface area contributed by atoms with Gasteiger partial charge in [0.2, 0.25) is 11.8 Å². The van der Waals surface area contributed by atoms with E-state index in [4.69, 9.17) is 11.6 Å². The Balaban J connectivity index is 1.76. The van der Waals surface area contributed by atoms with Crippen LogP contribution in [0.1, 0.15) is 18.4 Å². The van der Waals surface area contributed by atoms with Gasteiger partial charge in [-0.1, -0.05) is 29.8 Å². The highest BCUT2D eigenvalue weighted by Crippen LogP contribution is 2.47. The van der Waals surface area contributed by atoms with E-state index >= 15 is 0 Å². The molecule has 1 saturated carbocycles. The van der Waals surface area contributed by atoms with Crippen molar-refractivity contribution in [2.45, 2.75) is 19.8 Å². The molecule has 1 aliphatic carbocycles. The first-order valence-corrected chi connectivity index (χ1v) is 7.94. The van der Waals surface area contributed by atoms with Gasteiger partial charge < -0.3 is 10.6 Å². The first-order valence-electron chi connectivity index (χ1n) is 7.56. The van der Waals surface area contributed by atoms with Gasteiger partial charge in [-0.2, -0.15) is 0 Å². The highest BCUT2D eigenvalue weighted by molar-refractivity contribution is 6.31. The van der Waals surface area contributed by atoms with E-state index in [1.54, 1.807) is 31.2 Å². The van der Waals surface area contributed by atoms with Crippen molar-refractivity contribution in [2.75, 3.05) is 10.6 Å². The minimum Gasteiger partial charge on any atom is -0.325 e. The Morgan fingerprint density at radius 3 is 2.21 bits per heavy atom. The van der Waals surface area contributed by atoms with E-state index in [1.807, 2.05) is 0 Å². The molecule has 0 bridgehead atoms. The van der Waals surface area contributed by atoms with Gasteiger partial charge in [0.05, 0.1) is 5.69 Å². The number of amides is 2. The molecule has 24 heavy (non-hydrogen) atoms. The van der Waals surface area contributed by atoms with Crippen LogP contribution >= 0.6 is 11.6 Å². The van der Waals surface area contributed by atoms with Crippen LogP contribution in [0.15, 0.2) is 42.5 Å². The van der Waals surface area contributed by atoms with Crippen LogP contribution in [0.25, 0.3) is 0 Å². The zero-order chi connectivity index (χ0) is 17.3. The molecular formula is C18H16ClFN2O2. The molecule has 0 atom stereocenters. The standard InChI is InChI=1S/C18H16ClFN2O2/c1-11-12(19)5-4-8-14(11)21-16(23)18(9-10-18)17(24)22-15-7-3-2-6-13(15)20/h2-8H,9-10H2,1H3,(H,21,23)(H,22,24). The third kappa shape index (κ3) is 2.99. The van der Waals surface area contributed by atoms with Crippen LogP contribution in [0.5, 0.6) is 0 Å². The first-order chi connectivity index (χ1) is 11.4. The maximum absolute atomic E-state index is 13.7. The van der Waals surface area contributed by atoms with Crippen molar-refractivity contribution in [3.8, 4) is 0 Å². The number of hydrogen-bond acceptors (Lipinski definition) is 2. The summed E-state index contributed by atoms with van der Waals surface area (Å²) in [7, 11) is 0. The number of rotatable bonds is 4. The van der Waals surface area contributed by atoms with Crippen molar-refractivity contribution in [3.05, 3.63) is 58.9 Å². The van der Waals surface area contributed by atoms with Crippen molar-refractivity contribution >= 4 is 34.8 Å². The van der Waals surface area contributed by atoms with Gasteiger partial charge in [0.15, 0.2) is 0 Å². The van der Waals surface area contributed by atoms with E-state index in [0.717, 1.165) is 5.56 Å². The molecule has 0 aromatic heterocycles. The largest absolute Gasteiger partial charge is 0.325 e. The van der Waals surface area contributed by atoms with Crippen molar-refractivity contribution in [3.63, 3.8) is 0 Å². The van der Waals surface area contributed by atoms with Gasteiger partial charge in [0.25, 0.3) is 0 Å². The number of benzene rings is 2. The van der Waals surface area contributed by atoms with Gasteiger partial charge in [-0.25, -0.2) is 4.39 Å². The number of carbonyl (C=O) groups is 2. The Labute approximate surface area is 144 Å². The number of hydrogen-bond donors (Lipinski definition) is 2. The van der Waals surface area contributed by atoms with E-state index in [0.29, 0.717) is 23.6 Å². The lowest BCUT2D eigenvalue weighted by molar-refractivity contribution is -0.131. The van der Waals surface area contributed by atoms with Crippen LogP contribution in [-0.4, -0.2) is 11.8 Å². The summed E-state index contributed by atoms with van der Waals surface area (Å²) in [6.45, 7) is 1.79. The second-order valence-corrected chi connectivity index (χ2v) is 6.29. The predicted octanol–water partition coefficient (Wildman–Crippen LogP) is 4.14. The summed E-state index contributed by atoms with van der Waals surface area (Å²) in [5, 5.41) is 5.80. The summed E-state index contributed by atoms with van der Waals surface area (Å²) < 4.78 is 13.7. The van der Waals surface area contributed by atoms with Gasteiger partial charge in [0.1, 0.15) is 11.2 Å². The summed E-state index contributed by atoms with van der Waals surface area (Å²) in [5.74, 6) is -1.43. The molecule has 1 aliphatic rings. The molecule has 2 amide bonds. The lowest BCUT2D eigenvalue weighted by Crippen LogP contribution is -2.36. The molecule has 2 aromatic carbocycles. The van der Waals surface area contributed by atoms with Crippen LogP contribution in [0, 0.1) is 18.2 Å². The monoisotopic (exact) mass is 346 g/mol. The zero-order valence-corrected chi connectivity index (χ0v) is 13.8. The fourth-order valence-corrected chi connectivity index (χ4v) is 2.65. The maximum atomic E-state index is 13.7. The average Bonchev–Trinajstić information content (AvgIpc) is 3.36. The molecule has 0 spiro atoms. The highest BCUT2D eigenvalue weighted by Gasteiger charge is 2.56. The SMILES string of the molecule is Cc1c(Cl)cccc1NC(=O)C1(C(=O)Nc2ccccc2F)CC1. The molecule has 0 unspecified atom stereocenters. The number of para-hydroxylation sites is 1. The topological polar surface area (TPSA) is 58.2 Å². The minimum atomic E-state index is -1.16. The summed E-state index contributed by atoms with van der Waals surface area (Å²) in [5.41, 5.74) is 0.215. The van der Waals surface area contributed by atoms with Crippen LogP contribution < -0.4 is 10.6 Å².